The second-order valence-electron chi connectivity index (χ2n) is 3.49. The first kappa shape index (κ1) is 10.1. The summed E-state index contributed by atoms with van der Waals surface area (Å²) in [4.78, 5) is 0. The molecule has 1 N–H and O–H groups in total. The number of nitrogens with one attached hydrogen (secondary N) is 1. The van der Waals surface area contributed by atoms with Crippen molar-refractivity contribution in [2.45, 2.75) is 20.4 Å². The monoisotopic (exact) mass is 204 g/mol. The molecule has 4 nitrogen and oxygen atoms in total. The van der Waals surface area contributed by atoms with Gasteiger partial charge >= 0.3 is 0 Å². The van der Waals surface area contributed by atoms with Crippen LogP contribution in [0.15, 0.2) is 18.2 Å². The Morgan fingerprint density at radius 3 is 2.67 bits per heavy atom. The Kier molecular flexibility index (Phi) is 2.97. The van der Waals surface area contributed by atoms with Gasteiger partial charge in [0.15, 0.2) is 0 Å². The first-order valence-electron chi connectivity index (χ1n) is 5.38. The summed E-state index contributed by atoms with van der Waals surface area (Å²) in [6.07, 6.45) is 0. The maximum absolute atomic E-state index is 4.00. The minimum absolute atomic E-state index is 0.918. The van der Waals surface area contributed by atoms with Crippen molar-refractivity contribution in [3.05, 3.63) is 23.8 Å². The van der Waals surface area contributed by atoms with Crippen molar-refractivity contribution in [3.63, 3.8) is 0 Å². The van der Waals surface area contributed by atoms with Crippen LogP contribution in [-0.4, -0.2) is 28.1 Å². The molecule has 0 saturated carbocycles. The fourth-order valence-corrected chi connectivity index (χ4v) is 1.70. The molecule has 0 atom stereocenters. The van der Waals surface area contributed by atoms with E-state index in [9.17, 15) is 0 Å². The lowest BCUT2D eigenvalue weighted by molar-refractivity contribution is 0.664. The van der Waals surface area contributed by atoms with Crippen molar-refractivity contribution in [1.82, 2.24) is 20.3 Å². The molecule has 1 aromatic heterocycles. The van der Waals surface area contributed by atoms with E-state index in [4.69, 9.17) is 0 Å². The number of benzene rings is 1. The molecule has 0 fully saturated rings. The van der Waals surface area contributed by atoms with Gasteiger partial charge in [-0.3, -0.25) is 0 Å². The van der Waals surface area contributed by atoms with Crippen LogP contribution < -0.4 is 5.32 Å². The Morgan fingerprint density at radius 1 is 1.33 bits per heavy atom. The van der Waals surface area contributed by atoms with Gasteiger partial charge in [0.25, 0.3) is 0 Å². The van der Waals surface area contributed by atoms with Gasteiger partial charge in [-0.25, -0.2) is 4.68 Å². The van der Waals surface area contributed by atoms with Crippen molar-refractivity contribution in [1.29, 1.82) is 0 Å². The molecule has 4 heteroatoms. The number of nitrogens with zero attached hydrogens (tertiary/aromatic N) is 3. The first-order valence-corrected chi connectivity index (χ1v) is 5.38. The zero-order chi connectivity index (χ0) is 10.7. The minimum atomic E-state index is 0.918. The predicted molar refractivity (Wildman–Crippen MR) is 60.8 cm³/mol. The molecule has 2 heterocycles. The topological polar surface area (TPSA) is 42.7 Å². The van der Waals surface area contributed by atoms with Crippen LogP contribution in [0.4, 0.5) is 0 Å². The van der Waals surface area contributed by atoms with E-state index in [2.05, 4.69) is 35.5 Å². The normalized spacial score (nSPS) is 11.9. The van der Waals surface area contributed by atoms with Gasteiger partial charge in [-0.1, -0.05) is 31.2 Å². The molecule has 15 heavy (non-hydrogen) atoms. The molecule has 0 amide bonds. The average molecular weight is 204 g/mol. The fraction of sp³-hybridized carbons (Fsp3) is 0.455. The maximum Gasteiger partial charge on any atom is 0.118 e. The summed E-state index contributed by atoms with van der Waals surface area (Å²) in [7, 11) is 0. The van der Waals surface area contributed by atoms with Crippen molar-refractivity contribution in [2.24, 2.45) is 0 Å². The predicted octanol–water partition coefficient (Wildman–Crippen LogP) is 1.41. The SMILES string of the molecule is CCNCC.c1cc2c3nnn(c3c1)C2. The molecular formula is C11H16N4. The molecular weight excluding hydrogens is 188 g/mol. The van der Waals surface area contributed by atoms with Gasteiger partial charge in [-0.05, 0) is 19.2 Å². The van der Waals surface area contributed by atoms with Gasteiger partial charge < -0.3 is 5.32 Å². The van der Waals surface area contributed by atoms with E-state index >= 15 is 0 Å². The molecule has 0 saturated heterocycles. The zero-order valence-corrected chi connectivity index (χ0v) is 9.20. The summed E-state index contributed by atoms with van der Waals surface area (Å²) in [5, 5.41) is 11.0. The first-order chi connectivity index (χ1) is 7.36. The molecule has 2 aromatic rings. The number of rotatable bonds is 2. The van der Waals surface area contributed by atoms with Crippen molar-refractivity contribution < 1.29 is 0 Å². The summed E-state index contributed by atoms with van der Waals surface area (Å²) < 4.78 is 1.92. The fourth-order valence-electron chi connectivity index (χ4n) is 1.70. The Morgan fingerprint density at radius 2 is 2.13 bits per heavy atom. The van der Waals surface area contributed by atoms with Crippen LogP contribution in [-0.2, 0) is 6.54 Å². The molecule has 80 valence electrons. The van der Waals surface area contributed by atoms with Gasteiger partial charge in [0.1, 0.15) is 5.52 Å². The number of aromatic nitrogens is 3. The molecule has 1 aromatic carbocycles. The molecule has 1 aliphatic heterocycles. The average Bonchev–Trinajstić information content (AvgIpc) is 2.74. The smallest absolute Gasteiger partial charge is 0.118 e. The highest BCUT2D eigenvalue weighted by atomic mass is 15.4. The summed E-state index contributed by atoms with van der Waals surface area (Å²) in [5.74, 6) is 0. The van der Waals surface area contributed by atoms with E-state index in [1.165, 1.54) is 5.56 Å². The molecule has 0 aliphatic carbocycles. The second kappa shape index (κ2) is 4.40. The van der Waals surface area contributed by atoms with Crippen LogP contribution in [0.2, 0.25) is 0 Å². The van der Waals surface area contributed by atoms with Crippen LogP contribution >= 0.6 is 0 Å². The summed E-state index contributed by atoms with van der Waals surface area (Å²) in [6, 6.07) is 6.19. The van der Waals surface area contributed by atoms with Gasteiger partial charge in [-0.15, -0.1) is 5.10 Å². The summed E-state index contributed by atoms with van der Waals surface area (Å²) in [5.41, 5.74) is 3.53. The molecule has 4 bridgehead atoms. The number of hydrogen-bond donors (Lipinski definition) is 1. The van der Waals surface area contributed by atoms with Crippen LogP contribution in [0.1, 0.15) is 19.4 Å². The van der Waals surface area contributed by atoms with E-state index in [-0.39, 0.29) is 0 Å². The van der Waals surface area contributed by atoms with Crippen LogP contribution in [0.5, 0.6) is 0 Å². The van der Waals surface area contributed by atoms with Crippen LogP contribution in [0.3, 0.4) is 0 Å². The van der Waals surface area contributed by atoms with E-state index in [1.54, 1.807) is 0 Å². The Bertz CT molecular complexity index is 445. The third-order valence-corrected chi connectivity index (χ3v) is 2.45. The maximum atomic E-state index is 4.00. The standard InChI is InChI=1S/C7H5N3.C4H11N/c1-2-5-4-10-6(3-1)7(5)8-9-10;1-3-5-4-2/h1-3H,4H2;5H,3-4H2,1-2H3. The van der Waals surface area contributed by atoms with Gasteiger partial charge in [-0.2, -0.15) is 0 Å². The van der Waals surface area contributed by atoms with Crippen LogP contribution in [0, 0.1) is 0 Å². The highest BCUT2D eigenvalue weighted by Crippen LogP contribution is 2.23. The lowest BCUT2D eigenvalue weighted by atomic mass is 10.2. The van der Waals surface area contributed by atoms with E-state index in [0.29, 0.717) is 0 Å². The van der Waals surface area contributed by atoms with Gasteiger partial charge in [0, 0.05) is 5.56 Å². The molecule has 1 aliphatic rings. The quantitative estimate of drug-likeness (QED) is 0.686. The lowest BCUT2D eigenvalue weighted by Gasteiger charge is -1.92. The molecule has 0 radical (unpaired) electrons. The van der Waals surface area contributed by atoms with E-state index in [0.717, 1.165) is 30.7 Å². The molecule has 0 unspecified atom stereocenters. The van der Waals surface area contributed by atoms with Crippen LogP contribution in [0.25, 0.3) is 11.0 Å². The summed E-state index contributed by atoms with van der Waals surface area (Å²) >= 11 is 0. The Hall–Kier alpha value is -1.42. The van der Waals surface area contributed by atoms with E-state index in [1.807, 2.05) is 16.8 Å². The zero-order valence-electron chi connectivity index (χ0n) is 9.20. The summed E-state index contributed by atoms with van der Waals surface area (Å²) in [6.45, 7) is 7.31. The van der Waals surface area contributed by atoms with Crippen molar-refractivity contribution in [3.8, 4) is 0 Å². The van der Waals surface area contributed by atoms with Gasteiger partial charge in [0.2, 0.25) is 0 Å². The van der Waals surface area contributed by atoms with Crippen molar-refractivity contribution >= 4 is 11.0 Å². The lowest BCUT2D eigenvalue weighted by Crippen LogP contribution is -2.09. The number of hydrogen-bond acceptors (Lipinski definition) is 3. The minimum Gasteiger partial charge on any atom is -0.317 e. The Labute approximate surface area is 89.3 Å². The molecule has 3 rings (SSSR count). The third-order valence-electron chi connectivity index (χ3n) is 2.45. The third kappa shape index (κ3) is 1.85. The van der Waals surface area contributed by atoms with Gasteiger partial charge in [0.05, 0.1) is 12.1 Å². The largest absolute Gasteiger partial charge is 0.317 e. The second-order valence-corrected chi connectivity index (χ2v) is 3.49. The Balaban J connectivity index is 0.000000149. The highest BCUT2D eigenvalue weighted by Gasteiger charge is 2.15. The van der Waals surface area contributed by atoms with E-state index < -0.39 is 0 Å². The van der Waals surface area contributed by atoms with Crippen molar-refractivity contribution in [2.75, 3.05) is 13.1 Å². The highest BCUT2D eigenvalue weighted by molar-refractivity contribution is 5.81. The molecule has 0 spiro atoms.